The average Bonchev–Trinajstić information content (AvgIpc) is 2.26. The lowest BCUT2D eigenvalue weighted by Crippen LogP contribution is -2.11. The van der Waals surface area contributed by atoms with E-state index < -0.39 is 4.92 Å². The molecule has 3 N–H and O–H groups in total. The van der Waals surface area contributed by atoms with E-state index in [-0.39, 0.29) is 18.3 Å². The third kappa shape index (κ3) is 3.26. The van der Waals surface area contributed by atoms with Gasteiger partial charge in [0.2, 0.25) is 0 Å². The van der Waals surface area contributed by atoms with E-state index in [9.17, 15) is 10.1 Å². The number of nitrogens with zero attached hydrogens (tertiary/aromatic N) is 1. The summed E-state index contributed by atoms with van der Waals surface area (Å²) in [7, 11) is 0. The zero-order valence-corrected chi connectivity index (χ0v) is 10.2. The smallest absolute Gasteiger partial charge is 0.283 e. The Morgan fingerprint density at radius 1 is 1.56 bits per heavy atom. The molecule has 0 saturated carbocycles. The first kappa shape index (κ1) is 13.1. The van der Waals surface area contributed by atoms with E-state index in [1.165, 1.54) is 6.07 Å². The molecule has 0 radical (unpaired) electrons. The fourth-order valence-corrected chi connectivity index (χ4v) is 1.77. The van der Waals surface area contributed by atoms with E-state index in [0.717, 1.165) is 0 Å². The van der Waals surface area contributed by atoms with Crippen molar-refractivity contribution in [3.63, 3.8) is 0 Å². The van der Waals surface area contributed by atoms with Gasteiger partial charge in [0.1, 0.15) is 0 Å². The minimum Gasteiger partial charge on any atom is -0.396 e. The highest BCUT2D eigenvalue weighted by atomic mass is 79.9. The monoisotopic (exact) mass is 288 g/mol. The molecule has 88 valence electrons. The zero-order valence-electron chi connectivity index (χ0n) is 8.60. The largest absolute Gasteiger partial charge is 0.396 e. The highest BCUT2D eigenvalue weighted by molar-refractivity contribution is 9.10. The molecule has 0 aromatic heterocycles. The molecule has 0 spiro atoms. The molecule has 0 bridgehead atoms. The number of nitrogens with two attached hydrogens (primary N) is 1. The SMILES string of the molecule is N[C@@H](CCCO)c1ccc(Br)c([N+](=O)[O-])c1. The van der Waals surface area contributed by atoms with Crippen LogP contribution in [-0.4, -0.2) is 16.6 Å². The minimum atomic E-state index is -0.452. The molecular weight excluding hydrogens is 276 g/mol. The van der Waals surface area contributed by atoms with Crippen molar-refractivity contribution in [2.24, 2.45) is 5.73 Å². The Kier molecular flexibility index (Phi) is 4.85. The predicted octanol–water partition coefficient (Wildman–Crippen LogP) is 2.13. The van der Waals surface area contributed by atoms with Gasteiger partial charge in [0.15, 0.2) is 0 Å². The lowest BCUT2D eigenvalue weighted by atomic mass is 10.0. The first-order valence-electron chi connectivity index (χ1n) is 4.86. The third-order valence-electron chi connectivity index (χ3n) is 2.27. The number of aliphatic hydroxyl groups excluding tert-OH is 1. The summed E-state index contributed by atoms with van der Waals surface area (Å²) < 4.78 is 0.440. The van der Waals surface area contributed by atoms with Gasteiger partial charge in [-0.3, -0.25) is 10.1 Å². The molecule has 0 fully saturated rings. The van der Waals surface area contributed by atoms with E-state index in [4.69, 9.17) is 10.8 Å². The van der Waals surface area contributed by atoms with Gasteiger partial charge in [-0.05, 0) is 40.4 Å². The fourth-order valence-electron chi connectivity index (χ4n) is 1.38. The molecule has 1 atom stereocenters. The molecule has 0 heterocycles. The topological polar surface area (TPSA) is 89.4 Å². The Morgan fingerprint density at radius 2 is 2.25 bits per heavy atom. The second kappa shape index (κ2) is 5.93. The van der Waals surface area contributed by atoms with Crippen molar-refractivity contribution in [1.29, 1.82) is 0 Å². The molecule has 0 aliphatic rings. The van der Waals surface area contributed by atoms with Crippen LogP contribution in [0.1, 0.15) is 24.4 Å². The van der Waals surface area contributed by atoms with Gasteiger partial charge in [-0.1, -0.05) is 6.07 Å². The second-order valence-corrected chi connectivity index (χ2v) is 4.29. The highest BCUT2D eigenvalue weighted by Gasteiger charge is 2.15. The molecule has 0 saturated heterocycles. The summed E-state index contributed by atoms with van der Waals surface area (Å²) in [4.78, 5) is 10.3. The van der Waals surface area contributed by atoms with Gasteiger partial charge >= 0.3 is 0 Å². The van der Waals surface area contributed by atoms with Crippen molar-refractivity contribution in [1.82, 2.24) is 0 Å². The average molecular weight is 289 g/mol. The zero-order chi connectivity index (χ0) is 12.1. The standard InChI is InChI=1S/C10H13BrN2O3/c11-8-4-3-7(6-10(8)13(15)16)9(12)2-1-5-14/h3-4,6,9,14H,1-2,5,12H2/t9-/m0/s1. The summed E-state index contributed by atoms with van der Waals surface area (Å²) in [6.07, 6.45) is 1.19. The van der Waals surface area contributed by atoms with Crippen molar-refractivity contribution in [2.45, 2.75) is 18.9 Å². The Labute approximate surface area is 102 Å². The number of nitro benzene ring substituents is 1. The summed E-state index contributed by atoms with van der Waals surface area (Å²) in [5.41, 5.74) is 6.57. The van der Waals surface area contributed by atoms with E-state index in [1.807, 2.05) is 0 Å². The van der Waals surface area contributed by atoms with Crippen LogP contribution in [0, 0.1) is 10.1 Å². The summed E-state index contributed by atoms with van der Waals surface area (Å²) in [5.74, 6) is 0. The summed E-state index contributed by atoms with van der Waals surface area (Å²) >= 11 is 3.11. The molecule has 0 amide bonds. The van der Waals surface area contributed by atoms with E-state index in [0.29, 0.717) is 22.9 Å². The Bertz CT molecular complexity index is 384. The summed E-state index contributed by atoms with van der Waals surface area (Å²) in [6.45, 7) is 0.0757. The van der Waals surface area contributed by atoms with E-state index in [1.54, 1.807) is 12.1 Å². The normalized spacial score (nSPS) is 12.4. The van der Waals surface area contributed by atoms with Gasteiger partial charge in [-0.15, -0.1) is 0 Å². The van der Waals surface area contributed by atoms with Crippen LogP contribution in [0.2, 0.25) is 0 Å². The maximum Gasteiger partial charge on any atom is 0.283 e. The van der Waals surface area contributed by atoms with Crippen LogP contribution < -0.4 is 5.73 Å². The van der Waals surface area contributed by atoms with Crippen LogP contribution in [0.5, 0.6) is 0 Å². The molecular formula is C10H13BrN2O3. The molecule has 1 aromatic carbocycles. The van der Waals surface area contributed by atoms with Gasteiger partial charge in [-0.2, -0.15) is 0 Å². The fraction of sp³-hybridized carbons (Fsp3) is 0.400. The van der Waals surface area contributed by atoms with E-state index >= 15 is 0 Å². The van der Waals surface area contributed by atoms with Crippen molar-refractivity contribution < 1.29 is 10.0 Å². The van der Waals surface area contributed by atoms with Gasteiger partial charge in [-0.25, -0.2) is 0 Å². The van der Waals surface area contributed by atoms with Crippen molar-refractivity contribution >= 4 is 21.6 Å². The van der Waals surface area contributed by atoms with E-state index in [2.05, 4.69) is 15.9 Å². The van der Waals surface area contributed by atoms with Gasteiger partial charge < -0.3 is 10.8 Å². The van der Waals surface area contributed by atoms with Crippen LogP contribution in [0.25, 0.3) is 0 Å². The van der Waals surface area contributed by atoms with Gasteiger partial charge in [0, 0.05) is 18.7 Å². The number of hydrogen-bond donors (Lipinski definition) is 2. The lowest BCUT2D eigenvalue weighted by Gasteiger charge is -2.11. The maximum absolute atomic E-state index is 10.7. The Morgan fingerprint density at radius 3 is 2.81 bits per heavy atom. The molecule has 5 nitrogen and oxygen atoms in total. The predicted molar refractivity (Wildman–Crippen MR) is 64.0 cm³/mol. The van der Waals surface area contributed by atoms with Crippen molar-refractivity contribution in [3.8, 4) is 0 Å². The number of halogens is 1. The molecule has 16 heavy (non-hydrogen) atoms. The molecule has 0 unspecified atom stereocenters. The molecule has 0 aliphatic heterocycles. The van der Waals surface area contributed by atoms with Crippen LogP contribution in [0.3, 0.4) is 0 Å². The van der Waals surface area contributed by atoms with Crippen LogP contribution in [0.4, 0.5) is 5.69 Å². The maximum atomic E-state index is 10.7. The number of hydrogen-bond acceptors (Lipinski definition) is 4. The number of aliphatic hydroxyl groups is 1. The minimum absolute atomic E-state index is 0.0111. The number of benzene rings is 1. The summed E-state index contributed by atoms with van der Waals surface area (Å²) in [5, 5.41) is 19.4. The number of nitro groups is 1. The molecule has 1 rings (SSSR count). The van der Waals surface area contributed by atoms with Gasteiger partial charge in [0.25, 0.3) is 5.69 Å². The Hall–Kier alpha value is -0.980. The molecule has 1 aromatic rings. The first-order valence-corrected chi connectivity index (χ1v) is 5.66. The Balaban J connectivity index is 2.89. The van der Waals surface area contributed by atoms with Crippen molar-refractivity contribution in [3.05, 3.63) is 38.3 Å². The van der Waals surface area contributed by atoms with Crippen molar-refractivity contribution in [2.75, 3.05) is 6.61 Å². The van der Waals surface area contributed by atoms with Crippen LogP contribution >= 0.6 is 15.9 Å². The lowest BCUT2D eigenvalue weighted by molar-refractivity contribution is -0.385. The quantitative estimate of drug-likeness (QED) is 0.642. The first-order chi connectivity index (χ1) is 7.56. The second-order valence-electron chi connectivity index (χ2n) is 3.44. The highest BCUT2D eigenvalue weighted by Crippen LogP contribution is 2.28. The number of rotatable bonds is 5. The molecule has 6 heteroatoms. The van der Waals surface area contributed by atoms with Crippen LogP contribution in [0.15, 0.2) is 22.7 Å². The van der Waals surface area contributed by atoms with Crippen LogP contribution in [-0.2, 0) is 0 Å². The van der Waals surface area contributed by atoms with Gasteiger partial charge in [0.05, 0.1) is 9.40 Å². The molecule has 0 aliphatic carbocycles. The summed E-state index contributed by atoms with van der Waals surface area (Å²) in [6, 6.07) is 4.55. The third-order valence-corrected chi connectivity index (χ3v) is 2.94.